The molecule has 1 fully saturated rings. The van der Waals surface area contributed by atoms with Gasteiger partial charge in [0.25, 0.3) is 0 Å². The average Bonchev–Trinajstić information content (AvgIpc) is 2.47. The topological polar surface area (TPSA) is 24.1 Å². The Morgan fingerprint density at radius 2 is 1.80 bits per heavy atom. The Morgan fingerprint density at radius 1 is 1.13 bits per heavy atom. The van der Waals surface area contributed by atoms with E-state index in [1.807, 2.05) is 7.05 Å². The van der Waals surface area contributed by atoms with Gasteiger partial charge in [-0.3, -0.25) is 0 Å². The molecule has 1 aliphatic rings. The van der Waals surface area contributed by atoms with Crippen molar-refractivity contribution in [3.63, 3.8) is 0 Å². The second-order valence-electron chi connectivity index (χ2n) is 5.06. The van der Waals surface area contributed by atoms with Gasteiger partial charge in [-0.05, 0) is 32.9 Å². The number of hydrogen-bond donors (Lipinski definition) is 2. The molecule has 0 spiro atoms. The molecule has 0 aliphatic heterocycles. The van der Waals surface area contributed by atoms with Gasteiger partial charge in [0.05, 0.1) is 0 Å². The van der Waals surface area contributed by atoms with Crippen LogP contribution in [0.3, 0.4) is 0 Å². The van der Waals surface area contributed by atoms with Gasteiger partial charge in [-0.1, -0.05) is 38.5 Å². The van der Waals surface area contributed by atoms with Gasteiger partial charge in [0, 0.05) is 12.6 Å². The standard InChI is InChI=1S/C13H28N2/c1-12(11-14-2)15-10-9-13-7-5-3-4-6-8-13/h12-15H,3-11H2,1-2H3. The summed E-state index contributed by atoms with van der Waals surface area (Å²) in [5.74, 6) is 1.00. The van der Waals surface area contributed by atoms with Gasteiger partial charge in [0.2, 0.25) is 0 Å². The van der Waals surface area contributed by atoms with Gasteiger partial charge >= 0.3 is 0 Å². The second kappa shape index (κ2) is 8.12. The van der Waals surface area contributed by atoms with Crippen LogP contribution in [0.15, 0.2) is 0 Å². The van der Waals surface area contributed by atoms with Crippen molar-refractivity contribution in [1.82, 2.24) is 10.6 Å². The minimum Gasteiger partial charge on any atom is -0.318 e. The van der Waals surface area contributed by atoms with Gasteiger partial charge < -0.3 is 10.6 Å². The maximum Gasteiger partial charge on any atom is 0.0164 e. The molecule has 90 valence electrons. The number of likely N-dealkylation sites (N-methyl/N-ethyl adjacent to an activating group) is 1. The fourth-order valence-corrected chi connectivity index (χ4v) is 2.56. The number of nitrogens with one attached hydrogen (secondary N) is 2. The first-order valence-corrected chi connectivity index (χ1v) is 6.71. The third kappa shape index (κ3) is 6.16. The predicted octanol–water partition coefficient (Wildman–Crippen LogP) is 2.54. The molecular formula is C13H28N2. The van der Waals surface area contributed by atoms with Crippen molar-refractivity contribution in [2.75, 3.05) is 20.1 Å². The Hall–Kier alpha value is -0.0800. The average molecular weight is 212 g/mol. The summed E-state index contributed by atoms with van der Waals surface area (Å²) in [6.45, 7) is 4.53. The van der Waals surface area contributed by atoms with E-state index in [-0.39, 0.29) is 0 Å². The first kappa shape index (κ1) is 13.0. The SMILES string of the molecule is CNCC(C)NCCC1CCCCCC1. The highest BCUT2D eigenvalue weighted by molar-refractivity contribution is 4.68. The molecule has 1 unspecified atom stereocenters. The van der Waals surface area contributed by atoms with Crippen molar-refractivity contribution in [3.8, 4) is 0 Å². The molecular weight excluding hydrogens is 184 g/mol. The smallest absolute Gasteiger partial charge is 0.0164 e. The van der Waals surface area contributed by atoms with E-state index in [0.717, 1.165) is 12.5 Å². The van der Waals surface area contributed by atoms with E-state index in [1.54, 1.807) is 0 Å². The lowest BCUT2D eigenvalue weighted by molar-refractivity contribution is 0.399. The molecule has 0 amide bonds. The maximum atomic E-state index is 3.59. The van der Waals surface area contributed by atoms with Crippen LogP contribution in [0.25, 0.3) is 0 Å². The summed E-state index contributed by atoms with van der Waals surface area (Å²) in [5.41, 5.74) is 0. The molecule has 0 aromatic rings. The molecule has 0 saturated heterocycles. The van der Waals surface area contributed by atoms with Gasteiger partial charge in [-0.2, -0.15) is 0 Å². The molecule has 2 N–H and O–H groups in total. The fourth-order valence-electron chi connectivity index (χ4n) is 2.56. The van der Waals surface area contributed by atoms with Crippen LogP contribution in [0.1, 0.15) is 51.9 Å². The highest BCUT2D eigenvalue weighted by atomic mass is 15.0. The minimum atomic E-state index is 0.612. The summed E-state index contributed by atoms with van der Waals surface area (Å²) < 4.78 is 0. The lowest BCUT2D eigenvalue weighted by Crippen LogP contribution is -2.35. The zero-order chi connectivity index (χ0) is 10.9. The van der Waals surface area contributed by atoms with Crippen molar-refractivity contribution in [2.45, 2.75) is 57.9 Å². The zero-order valence-corrected chi connectivity index (χ0v) is 10.5. The minimum absolute atomic E-state index is 0.612. The van der Waals surface area contributed by atoms with E-state index < -0.39 is 0 Å². The van der Waals surface area contributed by atoms with E-state index in [2.05, 4.69) is 17.6 Å². The van der Waals surface area contributed by atoms with Crippen LogP contribution >= 0.6 is 0 Å². The molecule has 1 atom stereocenters. The Kier molecular flexibility index (Phi) is 7.03. The first-order valence-electron chi connectivity index (χ1n) is 6.71. The summed E-state index contributed by atoms with van der Waals surface area (Å²) >= 11 is 0. The van der Waals surface area contributed by atoms with Crippen LogP contribution in [0, 0.1) is 5.92 Å². The number of rotatable bonds is 6. The normalized spacial score (nSPS) is 21.2. The van der Waals surface area contributed by atoms with E-state index in [4.69, 9.17) is 0 Å². The molecule has 0 aromatic carbocycles. The molecule has 0 bridgehead atoms. The van der Waals surface area contributed by atoms with Crippen LogP contribution in [0.5, 0.6) is 0 Å². The fraction of sp³-hybridized carbons (Fsp3) is 1.00. The monoisotopic (exact) mass is 212 g/mol. The molecule has 1 aliphatic carbocycles. The predicted molar refractivity (Wildman–Crippen MR) is 67.2 cm³/mol. The van der Waals surface area contributed by atoms with Gasteiger partial charge in [0.1, 0.15) is 0 Å². The zero-order valence-electron chi connectivity index (χ0n) is 10.5. The van der Waals surface area contributed by atoms with Crippen molar-refractivity contribution in [2.24, 2.45) is 5.92 Å². The highest BCUT2D eigenvalue weighted by Crippen LogP contribution is 2.24. The summed E-state index contributed by atoms with van der Waals surface area (Å²) in [7, 11) is 2.02. The van der Waals surface area contributed by atoms with E-state index in [1.165, 1.54) is 51.5 Å². The molecule has 15 heavy (non-hydrogen) atoms. The first-order chi connectivity index (χ1) is 7.33. The Labute approximate surface area is 95.2 Å². The van der Waals surface area contributed by atoms with E-state index in [0.29, 0.717) is 6.04 Å². The van der Waals surface area contributed by atoms with Crippen LogP contribution in [-0.2, 0) is 0 Å². The van der Waals surface area contributed by atoms with Crippen molar-refractivity contribution < 1.29 is 0 Å². The van der Waals surface area contributed by atoms with Crippen molar-refractivity contribution >= 4 is 0 Å². The molecule has 0 heterocycles. The van der Waals surface area contributed by atoms with Crippen LogP contribution in [0.2, 0.25) is 0 Å². The molecule has 0 radical (unpaired) electrons. The van der Waals surface area contributed by atoms with Crippen LogP contribution in [-0.4, -0.2) is 26.2 Å². The molecule has 0 aromatic heterocycles. The van der Waals surface area contributed by atoms with Crippen molar-refractivity contribution in [3.05, 3.63) is 0 Å². The summed E-state index contributed by atoms with van der Waals surface area (Å²) in [6, 6.07) is 0.612. The highest BCUT2D eigenvalue weighted by Gasteiger charge is 2.11. The molecule has 2 heteroatoms. The maximum absolute atomic E-state index is 3.59. The Bertz CT molecular complexity index is 139. The second-order valence-corrected chi connectivity index (χ2v) is 5.06. The molecule has 2 nitrogen and oxygen atoms in total. The summed E-state index contributed by atoms with van der Waals surface area (Å²) in [6.07, 6.45) is 10.2. The third-order valence-electron chi connectivity index (χ3n) is 3.53. The van der Waals surface area contributed by atoms with Gasteiger partial charge in [-0.15, -0.1) is 0 Å². The lowest BCUT2D eigenvalue weighted by Gasteiger charge is -2.17. The van der Waals surface area contributed by atoms with E-state index >= 15 is 0 Å². The third-order valence-corrected chi connectivity index (χ3v) is 3.53. The lowest BCUT2D eigenvalue weighted by atomic mass is 9.96. The quantitative estimate of drug-likeness (QED) is 0.661. The Morgan fingerprint density at radius 3 is 2.40 bits per heavy atom. The van der Waals surface area contributed by atoms with Gasteiger partial charge in [0.15, 0.2) is 0 Å². The van der Waals surface area contributed by atoms with E-state index in [9.17, 15) is 0 Å². The summed E-state index contributed by atoms with van der Waals surface area (Å²) in [5, 5.41) is 6.79. The number of hydrogen-bond acceptors (Lipinski definition) is 2. The van der Waals surface area contributed by atoms with Gasteiger partial charge in [-0.25, -0.2) is 0 Å². The molecule has 1 saturated carbocycles. The molecule has 1 rings (SSSR count). The van der Waals surface area contributed by atoms with Crippen molar-refractivity contribution in [1.29, 1.82) is 0 Å². The van der Waals surface area contributed by atoms with Crippen LogP contribution in [0.4, 0.5) is 0 Å². The summed E-state index contributed by atoms with van der Waals surface area (Å²) in [4.78, 5) is 0. The van der Waals surface area contributed by atoms with Crippen LogP contribution < -0.4 is 10.6 Å². The Balaban J connectivity index is 2.02. The largest absolute Gasteiger partial charge is 0.318 e.